The van der Waals surface area contributed by atoms with E-state index in [-0.39, 0.29) is 11.3 Å². The molecule has 0 bridgehead atoms. The van der Waals surface area contributed by atoms with E-state index in [0.29, 0.717) is 19.6 Å². The van der Waals surface area contributed by atoms with E-state index in [1.807, 2.05) is 18.7 Å². The van der Waals surface area contributed by atoms with Gasteiger partial charge >= 0.3 is 5.97 Å². The first-order chi connectivity index (χ1) is 9.90. The van der Waals surface area contributed by atoms with Crippen LogP contribution in [0.25, 0.3) is 0 Å². The van der Waals surface area contributed by atoms with Crippen molar-refractivity contribution in [3.63, 3.8) is 0 Å². The molecule has 21 heavy (non-hydrogen) atoms. The van der Waals surface area contributed by atoms with Gasteiger partial charge < -0.3 is 10.0 Å². The van der Waals surface area contributed by atoms with Crippen molar-refractivity contribution < 1.29 is 18.3 Å². The fourth-order valence-corrected chi connectivity index (χ4v) is 2.99. The first-order valence-corrected chi connectivity index (χ1v) is 8.45. The Balaban J connectivity index is 2.83. The quantitative estimate of drug-likeness (QED) is 0.724. The summed E-state index contributed by atoms with van der Waals surface area (Å²) >= 11 is 0. The van der Waals surface area contributed by atoms with Gasteiger partial charge in [0.15, 0.2) is 0 Å². The molecule has 0 aliphatic rings. The second-order valence-corrected chi connectivity index (χ2v) is 6.38. The zero-order valence-electron chi connectivity index (χ0n) is 12.4. The van der Waals surface area contributed by atoms with Crippen LogP contribution < -0.4 is 9.62 Å². The van der Waals surface area contributed by atoms with Crippen LogP contribution in [0.1, 0.15) is 26.7 Å². The Morgan fingerprint density at radius 1 is 1.24 bits per heavy atom. The fraction of sp³-hybridized carbons (Fsp3) is 0.500. The highest BCUT2D eigenvalue weighted by Crippen LogP contribution is 2.18. The molecule has 0 heterocycles. The summed E-state index contributed by atoms with van der Waals surface area (Å²) in [7, 11) is -3.46. The zero-order valence-corrected chi connectivity index (χ0v) is 13.2. The largest absolute Gasteiger partial charge is 0.481 e. The van der Waals surface area contributed by atoms with Gasteiger partial charge in [-0.1, -0.05) is 6.92 Å². The van der Waals surface area contributed by atoms with Gasteiger partial charge in [0.1, 0.15) is 0 Å². The van der Waals surface area contributed by atoms with Gasteiger partial charge in [0.2, 0.25) is 10.0 Å². The number of rotatable bonds is 9. The Labute approximate surface area is 125 Å². The highest BCUT2D eigenvalue weighted by Gasteiger charge is 2.14. The molecular formula is C14H22N2O4S. The van der Waals surface area contributed by atoms with Gasteiger partial charge in [0, 0.05) is 25.3 Å². The summed E-state index contributed by atoms with van der Waals surface area (Å²) < 4.78 is 26.4. The third-order valence-corrected chi connectivity index (χ3v) is 4.51. The minimum absolute atomic E-state index is 0.0476. The van der Waals surface area contributed by atoms with Crippen molar-refractivity contribution in [2.24, 2.45) is 0 Å². The maximum Gasteiger partial charge on any atom is 0.305 e. The normalized spacial score (nSPS) is 11.3. The second-order valence-electron chi connectivity index (χ2n) is 4.62. The van der Waals surface area contributed by atoms with Crippen molar-refractivity contribution in [1.29, 1.82) is 0 Å². The van der Waals surface area contributed by atoms with E-state index in [0.717, 1.165) is 12.1 Å². The lowest BCUT2D eigenvalue weighted by Crippen LogP contribution is -2.26. The van der Waals surface area contributed by atoms with Crippen LogP contribution in [-0.2, 0) is 14.8 Å². The number of hydrogen-bond acceptors (Lipinski definition) is 4. The summed E-state index contributed by atoms with van der Waals surface area (Å²) in [6.07, 6.45) is 0.780. The van der Waals surface area contributed by atoms with Gasteiger partial charge in [-0.05, 0) is 37.6 Å². The zero-order chi connectivity index (χ0) is 15.9. The summed E-state index contributed by atoms with van der Waals surface area (Å²) in [5.41, 5.74) is 0.813. The van der Waals surface area contributed by atoms with Crippen molar-refractivity contribution in [2.75, 3.05) is 24.5 Å². The Bertz CT molecular complexity index is 555. The number of anilines is 1. The standard InChI is InChI=1S/C14H22N2O4S/c1-3-10-15-21(19,20)13-7-5-12(6-8-13)16(4-2)11-9-14(17)18/h5-8,15H,3-4,9-11H2,1-2H3,(H,17,18). The third kappa shape index (κ3) is 5.35. The van der Waals surface area contributed by atoms with E-state index in [1.165, 1.54) is 12.1 Å². The van der Waals surface area contributed by atoms with Gasteiger partial charge in [-0.15, -0.1) is 0 Å². The molecule has 0 saturated heterocycles. The van der Waals surface area contributed by atoms with Gasteiger partial charge in [-0.3, -0.25) is 4.79 Å². The van der Waals surface area contributed by atoms with Crippen LogP contribution in [0.5, 0.6) is 0 Å². The first kappa shape index (κ1) is 17.5. The average molecular weight is 314 g/mol. The van der Waals surface area contributed by atoms with E-state index < -0.39 is 16.0 Å². The highest BCUT2D eigenvalue weighted by molar-refractivity contribution is 7.89. The van der Waals surface area contributed by atoms with E-state index in [2.05, 4.69) is 4.72 Å². The van der Waals surface area contributed by atoms with Crippen LogP contribution in [0.15, 0.2) is 29.2 Å². The molecule has 6 nitrogen and oxygen atoms in total. The monoisotopic (exact) mass is 314 g/mol. The van der Waals surface area contributed by atoms with Crippen LogP contribution in [0, 0.1) is 0 Å². The number of carbonyl (C=O) groups is 1. The summed E-state index contributed by atoms with van der Waals surface area (Å²) in [4.78, 5) is 12.7. The molecule has 2 N–H and O–H groups in total. The molecule has 0 unspecified atom stereocenters. The van der Waals surface area contributed by atoms with Gasteiger partial charge in [0.25, 0.3) is 0 Å². The van der Waals surface area contributed by atoms with Gasteiger partial charge in [-0.25, -0.2) is 13.1 Å². The van der Waals surface area contributed by atoms with Crippen molar-refractivity contribution in [1.82, 2.24) is 4.72 Å². The van der Waals surface area contributed by atoms with Crippen molar-refractivity contribution in [2.45, 2.75) is 31.6 Å². The van der Waals surface area contributed by atoms with Crippen LogP contribution >= 0.6 is 0 Å². The summed E-state index contributed by atoms with van der Waals surface area (Å²) in [6, 6.07) is 6.48. The van der Waals surface area contributed by atoms with E-state index in [4.69, 9.17) is 5.11 Å². The number of benzene rings is 1. The highest BCUT2D eigenvalue weighted by atomic mass is 32.2. The van der Waals surface area contributed by atoms with Crippen LogP contribution in [0.2, 0.25) is 0 Å². The average Bonchev–Trinajstić information content (AvgIpc) is 2.46. The smallest absolute Gasteiger partial charge is 0.305 e. The first-order valence-electron chi connectivity index (χ1n) is 6.97. The maximum atomic E-state index is 12.0. The Morgan fingerprint density at radius 3 is 2.33 bits per heavy atom. The van der Waals surface area contributed by atoms with Crippen LogP contribution in [0.3, 0.4) is 0 Å². The molecule has 0 saturated carbocycles. The predicted octanol–water partition coefficient (Wildman–Crippen LogP) is 1.68. The van der Waals surface area contributed by atoms with E-state index in [1.54, 1.807) is 12.1 Å². The van der Waals surface area contributed by atoms with Gasteiger partial charge in [0.05, 0.1) is 11.3 Å². The summed E-state index contributed by atoms with van der Waals surface area (Å²) in [6.45, 7) is 5.28. The third-order valence-electron chi connectivity index (χ3n) is 3.03. The molecule has 1 aromatic carbocycles. The number of nitrogens with zero attached hydrogens (tertiary/aromatic N) is 1. The fourth-order valence-electron chi connectivity index (χ4n) is 1.86. The van der Waals surface area contributed by atoms with E-state index in [9.17, 15) is 13.2 Å². The number of hydrogen-bond donors (Lipinski definition) is 2. The predicted molar refractivity (Wildman–Crippen MR) is 82.1 cm³/mol. The Hall–Kier alpha value is -1.60. The molecule has 0 radical (unpaired) electrons. The number of carboxylic acid groups (broad SMARTS) is 1. The molecule has 0 amide bonds. The molecule has 1 aromatic rings. The molecule has 0 fully saturated rings. The van der Waals surface area contributed by atoms with Crippen LogP contribution in [0.4, 0.5) is 5.69 Å². The van der Waals surface area contributed by atoms with Crippen molar-refractivity contribution in [3.8, 4) is 0 Å². The van der Waals surface area contributed by atoms with E-state index >= 15 is 0 Å². The minimum Gasteiger partial charge on any atom is -0.481 e. The number of sulfonamides is 1. The maximum absolute atomic E-state index is 12.0. The molecule has 7 heteroatoms. The number of nitrogens with one attached hydrogen (secondary N) is 1. The summed E-state index contributed by atoms with van der Waals surface area (Å²) in [5.74, 6) is -0.851. The topological polar surface area (TPSA) is 86.7 Å². The Morgan fingerprint density at radius 2 is 1.86 bits per heavy atom. The number of aliphatic carboxylic acids is 1. The molecule has 118 valence electrons. The lowest BCUT2D eigenvalue weighted by Gasteiger charge is -2.22. The summed E-state index contributed by atoms with van der Waals surface area (Å²) in [5, 5.41) is 8.72. The van der Waals surface area contributed by atoms with Gasteiger partial charge in [-0.2, -0.15) is 0 Å². The molecule has 0 spiro atoms. The lowest BCUT2D eigenvalue weighted by atomic mass is 10.2. The SMILES string of the molecule is CCCNS(=O)(=O)c1ccc(N(CC)CCC(=O)O)cc1. The van der Waals surface area contributed by atoms with Crippen molar-refractivity contribution in [3.05, 3.63) is 24.3 Å². The van der Waals surface area contributed by atoms with Crippen LogP contribution in [-0.4, -0.2) is 39.1 Å². The molecular weight excluding hydrogens is 292 g/mol. The minimum atomic E-state index is -3.46. The second kappa shape index (κ2) is 7.99. The molecule has 0 aromatic heterocycles. The molecule has 0 atom stereocenters. The number of carboxylic acids is 1. The molecule has 0 aliphatic heterocycles. The molecule has 0 aliphatic carbocycles. The molecule has 1 rings (SSSR count). The Kier molecular flexibility index (Phi) is 6.64. The van der Waals surface area contributed by atoms with Crippen molar-refractivity contribution >= 4 is 21.7 Å². The lowest BCUT2D eigenvalue weighted by molar-refractivity contribution is -0.136.